The molecule has 0 spiro atoms. The van der Waals surface area contributed by atoms with Crippen molar-refractivity contribution in [2.75, 3.05) is 13.7 Å². The fraction of sp³-hybridized carbons (Fsp3) is 0.500. The lowest BCUT2D eigenvalue weighted by Gasteiger charge is -2.38. The molecule has 0 fully saturated rings. The average molecular weight is 383 g/mol. The van der Waals surface area contributed by atoms with Crippen LogP contribution >= 0.6 is 0 Å². The van der Waals surface area contributed by atoms with Gasteiger partial charge in [0.15, 0.2) is 0 Å². The molecule has 0 saturated carbocycles. The van der Waals surface area contributed by atoms with Crippen LogP contribution in [0, 0.1) is 10.8 Å². The fourth-order valence-electron chi connectivity index (χ4n) is 3.47. The van der Waals surface area contributed by atoms with Crippen molar-refractivity contribution in [3.8, 4) is 0 Å². The van der Waals surface area contributed by atoms with E-state index in [2.05, 4.69) is 31.2 Å². The van der Waals surface area contributed by atoms with Gasteiger partial charge in [0.25, 0.3) is 0 Å². The van der Waals surface area contributed by atoms with Crippen molar-refractivity contribution < 1.29 is 9.47 Å². The van der Waals surface area contributed by atoms with E-state index in [1.54, 1.807) is 14.0 Å². The van der Waals surface area contributed by atoms with Gasteiger partial charge in [-0.05, 0) is 30.6 Å². The van der Waals surface area contributed by atoms with Crippen LogP contribution in [0.25, 0.3) is 0 Å². The molecule has 4 nitrogen and oxygen atoms in total. The van der Waals surface area contributed by atoms with Crippen LogP contribution in [0.2, 0.25) is 0 Å². The monoisotopic (exact) mass is 382 g/mol. The highest BCUT2D eigenvalue weighted by molar-refractivity contribution is 6.39. The van der Waals surface area contributed by atoms with Crippen LogP contribution in [-0.4, -0.2) is 30.7 Å². The molecule has 2 rings (SSSR count). The number of methoxy groups -OCH3 is 1. The molecule has 2 unspecified atom stereocenters. The minimum absolute atomic E-state index is 0.182. The number of hydrogen-bond acceptors (Lipinski definition) is 4. The third-order valence-electron chi connectivity index (χ3n) is 5.30. The van der Waals surface area contributed by atoms with Crippen molar-refractivity contribution in [3.63, 3.8) is 0 Å². The summed E-state index contributed by atoms with van der Waals surface area (Å²) in [5.74, 6) is 0. The molecule has 0 amide bonds. The second-order valence-corrected chi connectivity index (χ2v) is 7.48. The summed E-state index contributed by atoms with van der Waals surface area (Å²) in [4.78, 5) is 0. The molecule has 0 heterocycles. The first-order valence-electron chi connectivity index (χ1n) is 10.3. The second kappa shape index (κ2) is 11.1. The topological polar surface area (TPSA) is 66.2 Å². The summed E-state index contributed by atoms with van der Waals surface area (Å²) in [5, 5.41) is 15.6. The van der Waals surface area contributed by atoms with E-state index in [0.717, 1.165) is 17.6 Å². The summed E-state index contributed by atoms with van der Waals surface area (Å²) < 4.78 is 12.4. The maximum Gasteiger partial charge on any atom is 0.120 e. The number of rotatable bonds is 12. The Morgan fingerprint density at radius 3 is 2.46 bits per heavy atom. The molecule has 2 N–H and O–H groups in total. The van der Waals surface area contributed by atoms with E-state index >= 15 is 0 Å². The van der Waals surface area contributed by atoms with Gasteiger partial charge in [-0.1, -0.05) is 68.7 Å². The summed E-state index contributed by atoms with van der Waals surface area (Å²) in [6.45, 7) is 4.59. The molecule has 1 aromatic carbocycles. The Labute approximate surface area is 169 Å². The highest BCUT2D eigenvalue weighted by Crippen LogP contribution is 2.40. The van der Waals surface area contributed by atoms with Crippen molar-refractivity contribution in [2.24, 2.45) is 0 Å². The van der Waals surface area contributed by atoms with Crippen molar-refractivity contribution in [1.82, 2.24) is 0 Å². The van der Waals surface area contributed by atoms with Gasteiger partial charge >= 0.3 is 0 Å². The third-order valence-corrected chi connectivity index (χ3v) is 5.30. The maximum absolute atomic E-state index is 7.93. The van der Waals surface area contributed by atoms with Crippen LogP contribution in [0.3, 0.4) is 0 Å². The zero-order valence-electron chi connectivity index (χ0n) is 17.5. The Balaban J connectivity index is 2.15. The third kappa shape index (κ3) is 5.98. The Morgan fingerprint density at radius 1 is 1.14 bits per heavy atom. The lowest BCUT2D eigenvalue weighted by Crippen LogP contribution is -2.39. The van der Waals surface area contributed by atoms with E-state index in [1.165, 1.54) is 19.3 Å². The molecule has 1 aliphatic rings. The van der Waals surface area contributed by atoms with Gasteiger partial charge in [0, 0.05) is 32.3 Å². The first-order valence-corrected chi connectivity index (χ1v) is 10.3. The maximum atomic E-state index is 7.93. The molecule has 0 aromatic heterocycles. The van der Waals surface area contributed by atoms with Crippen LogP contribution in [-0.2, 0) is 9.47 Å². The van der Waals surface area contributed by atoms with Crippen molar-refractivity contribution in [1.29, 1.82) is 10.8 Å². The van der Waals surface area contributed by atoms with E-state index in [9.17, 15) is 0 Å². The normalized spacial score (nSPS) is 19.9. The number of unbranched alkanes of at least 4 members (excludes halogenated alkanes) is 3. The van der Waals surface area contributed by atoms with Crippen LogP contribution in [0.15, 0.2) is 54.1 Å². The minimum Gasteiger partial charge on any atom is -0.371 e. The van der Waals surface area contributed by atoms with Crippen LogP contribution in [0.1, 0.15) is 64.0 Å². The van der Waals surface area contributed by atoms with Gasteiger partial charge in [-0.15, -0.1) is 0 Å². The zero-order chi connectivity index (χ0) is 20.4. The quantitative estimate of drug-likeness (QED) is 0.341. The van der Waals surface area contributed by atoms with Gasteiger partial charge in [0.2, 0.25) is 0 Å². The van der Waals surface area contributed by atoms with Crippen molar-refractivity contribution in [3.05, 3.63) is 59.7 Å². The van der Waals surface area contributed by atoms with E-state index in [-0.39, 0.29) is 6.10 Å². The second-order valence-electron chi connectivity index (χ2n) is 7.48. The Hall–Kier alpha value is -2.04. The first kappa shape index (κ1) is 22.3. The van der Waals surface area contributed by atoms with Crippen LogP contribution in [0.4, 0.5) is 0 Å². The van der Waals surface area contributed by atoms with Gasteiger partial charge in [0.1, 0.15) is 11.7 Å². The molecule has 152 valence electrons. The molecule has 1 aromatic rings. The minimum atomic E-state index is -0.558. The summed E-state index contributed by atoms with van der Waals surface area (Å²) >= 11 is 0. The average Bonchev–Trinajstić information content (AvgIpc) is 2.72. The highest BCUT2D eigenvalue weighted by atomic mass is 16.5. The number of allylic oxidation sites excluding steroid dienone is 2. The first-order chi connectivity index (χ1) is 13.5. The van der Waals surface area contributed by atoms with Gasteiger partial charge < -0.3 is 20.3 Å². The molecule has 0 radical (unpaired) electrons. The predicted molar refractivity (Wildman–Crippen MR) is 117 cm³/mol. The number of ether oxygens (including phenoxy) is 2. The van der Waals surface area contributed by atoms with Gasteiger partial charge in [-0.2, -0.15) is 0 Å². The molecule has 0 aliphatic heterocycles. The standard InChI is InChI=1S/C24H34N2O2/c1-4-5-6-10-17-28-23(21-11-8-7-9-12-21)24(27-3)15-13-20(14-16-24)18-22(26)19(2)25/h7-9,11-15,23,25-26H,4-6,10,16-18H2,1-3H3. The molecule has 2 atom stereocenters. The highest BCUT2D eigenvalue weighted by Gasteiger charge is 2.39. The van der Waals surface area contributed by atoms with Gasteiger partial charge in [-0.3, -0.25) is 0 Å². The molecular formula is C24H34N2O2. The Morgan fingerprint density at radius 2 is 1.89 bits per heavy atom. The number of hydrogen-bond donors (Lipinski definition) is 2. The molecular weight excluding hydrogens is 348 g/mol. The molecule has 0 saturated heterocycles. The summed E-state index contributed by atoms with van der Waals surface area (Å²) in [5.41, 5.74) is 2.28. The summed E-state index contributed by atoms with van der Waals surface area (Å²) in [6, 6.07) is 10.3. The van der Waals surface area contributed by atoms with E-state index < -0.39 is 5.60 Å². The SMILES string of the molecule is CCCCCCOC(c1ccccc1)C1(OC)C=CC(CC(=N)C(C)=N)=CC1. The molecule has 0 bridgehead atoms. The van der Waals surface area contributed by atoms with Gasteiger partial charge in [-0.25, -0.2) is 0 Å². The Kier molecular flexibility index (Phi) is 8.81. The zero-order valence-corrected chi connectivity index (χ0v) is 17.5. The predicted octanol–water partition coefficient (Wildman–Crippen LogP) is 6.05. The number of benzene rings is 1. The van der Waals surface area contributed by atoms with E-state index in [4.69, 9.17) is 20.3 Å². The Bertz CT molecular complexity index is 709. The van der Waals surface area contributed by atoms with E-state index in [1.807, 2.05) is 24.3 Å². The van der Waals surface area contributed by atoms with Crippen molar-refractivity contribution in [2.45, 2.75) is 64.1 Å². The van der Waals surface area contributed by atoms with E-state index in [0.29, 0.717) is 30.9 Å². The molecule has 28 heavy (non-hydrogen) atoms. The van der Waals surface area contributed by atoms with Gasteiger partial charge in [0.05, 0.1) is 5.71 Å². The fourth-order valence-corrected chi connectivity index (χ4v) is 3.47. The molecule has 1 aliphatic carbocycles. The van der Waals surface area contributed by atoms with Crippen LogP contribution in [0.5, 0.6) is 0 Å². The molecule has 4 heteroatoms. The number of nitrogens with one attached hydrogen (secondary N) is 2. The smallest absolute Gasteiger partial charge is 0.120 e. The lowest BCUT2D eigenvalue weighted by molar-refractivity contribution is -0.105. The van der Waals surface area contributed by atoms with Crippen molar-refractivity contribution >= 4 is 11.4 Å². The summed E-state index contributed by atoms with van der Waals surface area (Å²) in [7, 11) is 1.74. The largest absolute Gasteiger partial charge is 0.371 e. The summed E-state index contributed by atoms with van der Waals surface area (Å²) in [6.07, 6.45) is 11.9. The lowest BCUT2D eigenvalue weighted by atomic mass is 9.82. The van der Waals surface area contributed by atoms with Crippen LogP contribution < -0.4 is 0 Å².